The van der Waals surface area contributed by atoms with E-state index in [4.69, 9.17) is 28.9 Å². The fraction of sp³-hybridized carbons (Fsp3) is 0. The molecule has 0 fully saturated rings. The molecule has 18 heavy (non-hydrogen) atoms. The van der Waals surface area contributed by atoms with Gasteiger partial charge in [0, 0.05) is 11.9 Å². The Kier molecular flexibility index (Phi) is 3.64. The van der Waals surface area contributed by atoms with E-state index >= 15 is 0 Å². The molecule has 1 aromatic heterocycles. The second-order valence-corrected chi connectivity index (χ2v) is 4.11. The van der Waals surface area contributed by atoms with Crippen LogP contribution in [0.25, 0.3) is 0 Å². The van der Waals surface area contributed by atoms with Gasteiger partial charge in [-0.05, 0) is 29.8 Å². The quantitative estimate of drug-likeness (QED) is 0.655. The average molecular weight is 283 g/mol. The largest absolute Gasteiger partial charge is 0.398 e. The monoisotopic (exact) mass is 282 g/mol. The molecular weight excluding hydrogens is 275 g/mol. The Morgan fingerprint density at radius 3 is 2.72 bits per heavy atom. The molecule has 0 radical (unpaired) electrons. The minimum Gasteiger partial charge on any atom is -0.398 e. The summed E-state index contributed by atoms with van der Waals surface area (Å²) in [6.07, 6.45) is 1.43. The van der Waals surface area contributed by atoms with E-state index < -0.39 is 5.91 Å². The highest BCUT2D eigenvalue weighted by Crippen LogP contribution is 2.22. The van der Waals surface area contributed by atoms with Crippen molar-refractivity contribution < 1.29 is 4.79 Å². The van der Waals surface area contributed by atoms with Crippen LogP contribution >= 0.6 is 23.2 Å². The molecule has 0 saturated heterocycles. The number of amides is 1. The van der Waals surface area contributed by atoms with Gasteiger partial charge in [0.15, 0.2) is 0 Å². The second kappa shape index (κ2) is 5.20. The lowest BCUT2D eigenvalue weighted by molar-refractivity contribution is 0.102. The van der Waals surface area contributed by atoms with Crippen molar-refractivity contribution in [3.05, 3.63) is 46.3 Å². The molecule has 0 spiro atoms. The van der Waals surface area contributed by atoms with E-state index in [1.54, 1.807) is 18.2 Å². The van der Waals surface area contributed by atoms with E-state index in [1.807, 2.05) is 0 Å². The number of rotatable bonds is 2. The first-order chi connectivity index (χ1) is 8.58. The molecule has 2 aromatic rings. The molecule has 0 bridgehead atoms. The number of benzene rings is 1. The number of nitrogens with two attached hydrogens (primary N) is 1. The van der Waals surface area contributed by atoms with Crippen molar-refractivity contribution in [2.45, 2.75) is 0 Å². The summed E-state index contributed by atoms with van der Waals surface area (Å²) in [5.74, 6) is -0.174. The SMILES string of the molecule is Nc1cccc(Cl)c1C(=O)Nc1ccnc(Cl)n1. The first kappa shape index (κ1) is 12.6. The molecule has 0 saturated carbocycles. The number of hydrogen-bond donors (Lipinski definition) is 2. The number of nitrogen functional groups attached to an aromatic ring is 1. The molecule has 7 heteroatoms. The summed E-state index contributed by atoms with van der Waals surface area (Å²) in [6, 6.07) is 6.35. The van der Waals surface area contributed by atoms with Crippen LogP contribution in [0, 0.1) is 0 Å². The summed E-state index contributed by atoms with van der Waals surface area (Å²) in [7, 11) is 0. The number of carbonyl (C=O) groups is 1. The van der Waals surface area contributed by atoms with Gasteiger partial charge >= 0.3 is 0 Å². The fourth-order valence-electron chi connectivity index (χ4n) is 1.36. The predicted octanol–water partition coefficient (Wildman–Crippen LogP) is 2.62. The van der Waals surface area contributed by atoms with Gasteiger partial charge in [-0.1, -0.05) is 17.7 Å². The number of anilines is 2. The van der Waals surface area contributed by atoms with Gasteiger partial charge in [-0.3, -0.25) is 4.79 Å². The minimum absolute atomic E-state index is 0.0416. The first-order valence-electron chi connectivity index (χ1n) is 4.92. The molecule has 1 heterocycles. The van der Waals surface area contributed by atoms with Crippen LogP contribution in [-0.2, 0) is 0 Å². The van der Waals surface area contributed by atoms with Gasteiger partial charge in [0.1, 0.15) is 5.82 Å². The second-order valence-electron chi connectivity index (χ2n) is 3.37. The Labute approximate surface area is 113 Å². The molecule has 0 aliphatic rings. The summed E-state index contributed by atoms with van der Waals surface area (Å²) >= 11 is 11.5. The molecule has 5 nitrogen and oxygen atoms in total. The highest BCUT2D eigenvalue weighted by atomic mass is 35.5. The molecule has 0 aliphatic heterocycles. The lowest BCUT2D eigenvalue weighted by Gasteiger charge is -2.08. The summed E-state index contributed by atoms with van der Waals surface area (Å²) in [5.41, 5.74) is 6.20. The molecule has 1 amide bonds. The summed E-state index contributed by atoms with van der Waals surface area (Å²) < 4.78 is 0. The Morgan fingerprint density at radius 2 is 2.06 bits per heavy atom. The summed E-state index contributed by atoms with van der Waals surface area (Å²) in [6.45, 7) is 0. The molecule has 0 atom stereocenters. The van der Waals surface area contributed by atoms with Crippen LogP contribution in [0.5, 0.6) is 0 Å². The van der Waals surface area contributed by atoms with Crippen molar-refractivity contribution >= 4 is 40.6 Å². The highest BCUT2D eigenvalue weighted by Gasteiger charge is 2.14. The van der Waals surface area contributed by atoms with Crippen molar-refractivity contribution in [3.63, 3.8) is 0 Å². The highest BCUT2D eigenvalue weighted by molar-refractivity contribution is 6.35. The molecule has 1 aromatic carbocycles. The van der Waals surface area contributed by atoms with E-state index in [0.717, 1.165) is 0 Å². The Hall–Kier alpha value is -1.85. The number of carbonyl (C=O) groups excluding carboxylic acids is 1. The number of nitrogens with one attached hydrogen (secondary N) is 1. The maximum absolute atomic E-state index is 12.0. The molecule has 2 rings (SSSR count). The van der Waals surface area contributed by atoms with Crippen LogP contribution in [0.15, 0.2) is 30.5 Å². The first-order valence-corrected chi connectivity index (χ1v) is 5.67. The number of aromatic nitrogens is 2. The van der Waals surface area contributed by atoms with Crippen molar-refractivity contribution in [1.82, 2.24) is 9.97 Å². The van der Waals surface area contributed by atoms with E-state index in [0.29, 0.717) is 5.69 Å². The van der Waals surface area contributed by atoms with Gasteiger partial charge < -0.3 is 11.1 Å². The van der Waals surface area contributed by atoms with Crippen LogP contribution in [-0.4, -0.2) is 15.9 Å². The zero-order chi connectivity index (χ0) is 13.1. The van der Waals surface area contributed by atoms with Gasteiger partial charge in [0.2, 0.25) is 5.28 Å². The smallest absolute Gasteiger partial charge is 0.260 e. The van der Waals surface area contributed by atoms with Crippen LogP contribution in [0.4, 0.5) is 11.5 Å². The van der Waals surface area contributed by atoms with E-state index in [-0.39, 0.29) is 21.7 Å². The number of halogens is 2. The van der Waals surface area contributed by atoms with Crippen molar-refractivity contribution in [1.29, 1.82) is 0 Å². The van der Waals surface area contributed by atoms with E-state index in [1.165, 1.54) is 12.3 Å². The zero-order valence-corrected chi connectivity index (χ0v) is 10.5. The standard InChI is InChI=1S/C11H8Cl2N4O/c12-6-2-1-3-7(14)9(6)10(18)16-8-4-5-15-11(13)17-8/h1-5H,14H2,(H,15,16,17,18). The third-order valence-electron chi connectivity index (χ3n) is 2.14. The van der Waals surface area contributed by atoms with Crippen molar-refractivity contribution in [2.75, 3.05) is 11.1 Å². The van der Waals surface area contributed by atoms with Crippen LogP contribution in [0.3, 0.4) is 0 Å². The van der Waals surface area contributed by atoms with E-state index in [9.17, 15) is 4.79 Å². The fourth-order valence-corrected chi connectivity index (χ4v) is 1.78. The van der Waals surface area contributed by atoms with E-state index in [2.05, 4.69) is 15.3 Å². The molecular formula is C11H8Cl2N4O. The zero-order valence-electron chi connectivity index (χ0n) is 9.02. The van der Waals surface area contributed by atoms with Crippen molar-refractivity contribution in [3.8, 4) is 0 Å². The number of hydrogen-bond acceptors (Lipinski definition) is 4. The van der Waals surface area contributed by atoms with Gasteiger partial charge in [-0.2, -0.15) is 0 Å². The van der Waals surface area contributed by atoms with Crippen LogP contribution < -0.4 is 11.1 Å². The minimum atomic E-state index is -0.451. The third kappa shape index (κ3) is 2.69. The van der Waals surface area contributed by atoms with Gasteiger partial charge in [-0.15, -0.1) is 0 Å². The molecule has 0 unspecified atom stereocenters. The third-order valence-corrected chi connectivity index (χ3v) is 2.64. The Balaban J connectivity index is 2.28. The summed E-state index contributed by atoms with van der Waals surface area (Å²) in [5, 5.41) is 2.85. The van der Waals surface area contributed by atoms with Crippen LogP contribution in [0.2, 0.25) is 10.3 Å². The lowest BCUT2D eigenvalue weighted by Crippen LogP contribution is -2.15. The number of nitrogens with zero attached hydrogens (tertiary/aromatic N) is 2. The normalized spacial score (nSPS) is 10.1. The van der Waals surface area contributed by atoms with Gasteiger partial charge in [-0.25, -0.2) is 9.97 Å². The lowest BCUT2D eigenvalue weighted by atomic mass is 10.1. The maximum Gasteiger partial charge on any atom is 0.260 e. The molecule has 92 valence electrons. The van der Waals surface area contributed by atoms with Gasteiger partial charge in [0.05, 0.1) is 10.6 Å². The van der Waals surface area contributed by atoms with Crippen molar-refractivity contribution in [2.24, 2.45) is 0 Å². The topological polar surface area (TPSA) is 80.9 Å². The molecule has 3 N–H and O–H groups in total. The van der Waals surface area contributed by atoms with Gasteiger partial charge in [0.25, 0.3) is 5.91 Å². The Morgan fingerprint density at radius 1 is 1.28 bits per heavy atom. The maximum atomic E-state index is 12.0. The molecule has 0 aliphatic carbocycles. The van der Waals surface area contributed by atoms with Crippen LogP contribution in [0.1, 0.15) is 10.4 Å². The summed E-state index contributed by atoms with van der Waals surface area (Å²) in [4.78, 5) is 19.5. The Bertz CT molecular complexity index is 583. The average Bonchev–Trinajstić information content (AvgIpc) is 2.28. The predicted molar refractivity (Wildman–Crippen MR) is 70.9 cm³/mol.